The Bertz CT molecular complexity index is 1200. The first-order valence-corrected chi connectivity index (χ1v) is 13.4. The average molecular weight is 497 g/mol. The highest BCUT2D eigenvalue weighted by atomic mass is 32.2. The van der Waals surface area contributed by atoms with E-state index in [1.165, 1.54) is 48.7 Å². The van der Waals surface area contributed by atoms with Crippen LogP contribution in [-0.2, 0) is 24.8 Å². The van der Waals surface area contributed by atoms with Gasteiger partial charge in [0.25, 0.3) is 0 Å². The molecule has 2 aromatic rings. The van der Waals surface area contributed by atoms with Crippen LogP contribution in [0.15, 0.2) is 46.2 Å². The maximum atomic E-state index is 12.6. The molecule has 2 N–H and O–H groups in total. The maximum absolute atomic E-state index is 12.6. The molecule has 0 bridgehead atoms. The van der Waals surface area contributed by atoms with Crippen LogP contribution in [0.2, 0.25) is 0 Å². The zero-order valence-electron chi connectivity index (χ0n) is 19.8. The predicted molar refractivity (Wildman–Crippen MR) is 130 cm³/mol. The molecule has 0 fully saturated rings. The van der Waals surface area contributed by atoms with Gasteiger partial charge in [0, 0.05) is 38.6 Å². The lowest BCUT2D eigenvalue weighted by Crippen LogP contribution is -2.30. The zero-order chi connectivity index (χ0) is 25.0. The summed E-state index contributed by atoms with van der Waals surface area (Å²) < 4.78 is 52.6. The number of nitrogens with one attached hydrogen (secondary N) is 2. The molecule has 9 nitrogen and oxygen atoms in total. The van der Waals surface area contributed by atoms with Gasteiger partial charge >= 0.3 is 0 Å². The summed E-state index contributed by atoms with van der Waals surface area (Å²) in [4.78, 5) is 12.7. The first-order chi connectivity index (χ1) is 15.3. The van der Waals surface area contributed by atoms with Crippen molar-refractivity contribution in [2.24, 2.45) is 0 Å². The average Bonchev–Trinajstić information content (AvgIpc) is 2.75. The topological polar surface area (TPSA) is 116 Å². The van der Waals surface area contributed by atoms with Crippen LogP contribution in [0.1, 0.15) is 25.0 Å². The van der Waals surface area contributed by atoms with Crippen molar-refractivity contribution < 1.29 is 21.6 Å². The second-order valence-corrected chi connectivity index (χ2v) is 11.8. The minimum Gasteiger partial charge on any atom is -0.376 e. The molecular weight excluding hydrogens is 464 g/mol. The van der Waals surface area contributed by atoms with Crippen LogP contribution in [0, 0.1) is 13.8 Å². The monoisotopic (exact) mass is 496 g/mol. The Labute approximate surface area is 196 Å². The largest absolute Gasteiger partial charge is 0.376 e. The van der Waals surface area contributed by atoms with Gasteiger partial charge in [0.15, 0.2) is 0 Å². The standard InChI is InChI=1S/C22H32N4O5S2/c1-7-26(8-2)33(30,31)19-11-9-18(10-12-19)24-22(27)15-23-21-14-20(13-16(3)17(21)4)32(28,29)25(5)6/h9-14,23H,7-8,15H2,1-6H3,(H,24,27). The lowest BCUT2D eigenvalue weighted by atomic mass is 10.1. The van der Waals surface area contributed by atoms with Crippen LogP contribution >= 0.6 is 0 Å². The Kier molecular flexibility index (Phi) is 8.63. The number of aryl methyl sites for hydroxylation is 1. The molecule has 2 rings (SSSR count). The van der Waals surface area contributed by atoms with Gasteiger partial charge in [-0.1, -0.05) is 13.8 Å². The van der Waals surface area contributed by atoms with Crippen LogP contribution in [0.4, 0.5) is 11.4 Å². The summed E-state index contributed by atoms with van der Waals surface area (Å²) >= 11 is 0. The molecule has 0 aliphatic carbocycles. The van der Waals surface area contributed by atoms with Gasteiger partial charge < -0.3 is 10.6 Å². The van der Waals surface area contributed by atoms with E-state index in [1.807, 2.05) is 13.8 Å². The van der Waals surface area contributed by atoms with Crippen LogP contribution in [0.25, 0.3) is 0 Å². The molecule has 1 amide bonds. The summed E-state index contributed by atoms with van der Waals surface area (Å²) in [5.41, 5.74) is 2.63. The van der Waals surface area contributed by atoms with Crippen molar-refractivity contribution in [2.45, 2.75) is 37.5 Å². The molecule has 0 aromatic heterocycles. The quantitative estimate of drug-likeness (QED) is 0.522. The van der Waals surface area contributed by atoms with Crippen LogP contribution in [-0.4, -0.2) is 65.1 Å². The number of rotatable bonds is 10. The molecule has 0 saturated carbocycles. The Morgan fingerprint density at radius 2 is 1.45 bits per heavy atom. The first-order valence-electron chi connectivity index (χ1n) is 10.5. The van der Waals surface area contributed by atoms with Crippen LogP contribution in [0.5, 0.6) is 0 Å². The fourth-order valence-electron chi connectivity index (χ4n) is 3.17. The smallest absolute Gasteiger partial charge is 0.243 e. The molecular formula is C22H32N4O5S2. The number of carbonyl (C=O) groups is 1. The predicted octanol–water partition coefficient (Wildman–Crippen LogP) is 2.63. The van der Waals surface area contributed by atoms with Crippen LogP contribution in [0.3, 0.4) is 0 Å². The number of nitrogens with zero attached hydrogens (tertiary/aromatic N) is 2. The van der Waals surface area contributed by atoms with Gasteiger partial charge in [-0.3, -0.25) is 4.79 Å². The lowest BCUT2D eigenvalue weighted by molar-refractivity contribution is -0.114. The van der Waals surface area contributed by atoms with E-state index in [-0.39, 0.29) is 22.2 Å². The summed E-state index contributed by atoms with van der Waals surface area (Å²) in [5.74, 6) is -0.354. The summed E-state index contributed by atoms with van der Waals surface area (Å²) in [7, 11) is -4.26. The van der Waals surface area contributed by atoms with Crippen molar-refractivity contribution >= 4 is 37.3 Å². The SMILES string of the molecule is CCN(CC)S(=O)(=O)c1ccc(NC(=O)CNc2cc(S(=O)(=O)N(C)C)cc(C)c2C)cc1. The summed E-state index contributed by atoms with van der Waals surface area (Å²) in [5, 5.41) is 5.70. The fraction of sp³-hybridized carbons (Fsp3) is 0.409. The number of anilines is 2. The van der Waals surface area contributed by atoms with Gasteiger partial charge in [0.05, 0.1) is 16.3 Å². The van der Waals surface area contributed by atoms with Crippen molar-refractivity contribution in [3.05, 3.63) is 47.5 Å². The maximum Gasteiger partial charge on any atom is 0.243 e. The number of hydrogen-bond acceptors (Lipinski definition) is 6. The highest BCUT2D eigenvalue weighted by Gasteiger charge is 2.22. The second kappa shape index (κ2) is 10.6. The van der Waals surface area contributed by atoms with Crippen molar-refractivity contribution in [2.75, 3.05) is 44.4 Å². The van der Waals surface area contributed by atoms with Gasteiger partial charge in [-0.25, -0.2) is 21.1 Å². The summed E-state index contributed by atoms with van der Waals surface area (Å²) in [6, 6.07) is 9.10. The third-order valence-electron chi connectivity index (χ3n) is 5.34. The molecule has 0 saturated heterocycles. The molecule has 182 valence electrons. The Morgan fingerprint density at radius 3 is 1.97 bits per heavy atom. The van der Waals surface area contributed by atoms with Crippen LogP contribution < -0.4 is 10.6 Å². The molecule has 0 atom stereocenters. The van der Waals surface area contributed by atoms with E-state index < -0.39 is 20.0 Å². The number of benzene rings is 2. The van der Waals surface area contributed by atoms with Gasteiger partial charge in [-0.15, -0.1) is 0 Å². The van der Waals surface area contributed by atoms with Crippen molar-refractivity contribution in [3.63, 3.8) is 0 Å². The van der Waals surface area contributed by atoms with E-state index in [1.54, 1.807) is 19.9 Å². The number of hydrogen-bond donors (Lipinski definition) is 2. The first kappa shape index (κ1) is 26.8. The molecule has 0 heterocycles. The molecule has 0 aliphatic heterocycles. The Morgan fingerprint density at radius 1 is 0.879 bits per heavy atom. The van der Waals surface area contributed by atoms with Crippen molar-refractivity contribution in [3.8, 4) is 0 Å². The lowest BCUT2D eigenvalue weighted by Gasteiger charge is -2.18. The molecule has 0 aliphatic rings. The van der Waals surface area contributed by atoms with E-state index in [4.69, 9.17) is 0 Å². The highest BCUT2D eigenvalue weighted by molar-refractivity contribution is 7.89. The van der Waals surface area contributed by atoms with Gasteiger partial charge in [-0.05, 0) is 61.4 Å². The number of amides is 1. The minimum atomic E-state index is -3.61. The van der Waals surface area contributed by atoms with Crippen molar-refractivity contribution in [1.82, 2.24) is 8.61 Å². The van der Waals surface area contributed by atoms with Gasteiger partial charge in [0.1, 0.15) is 0 Å². The third-order valence-corrected chi connectivity index (χ3v) is 9.20. The molecule has 0 unspecified atom stereocenters. The molecule has 33 heavy (non-hydrogen) atoms. The normalized spacial score (nSPS) is 12.2. The minimum absolute atomic E-state index is 0.0920. The summed E-state index contributed by atoms with van der Waals surface area (Å²) in [6.45, 7) is 7.86. The van der Waals surface area contributed by atoms with Crippen molar-refractivity contribution in [1.29, 1.82) is 0 Å². The Hall–Kier alpha value is -2.47. The highest BCUT2D eigenvalue weighted by Crippen LogP contribution is 2.25. The Balaban J connectivity index is 2.12. The molecule has 2 aromatic carbocycles. The molecule has 0 radical (unpaired) electrons. The third kappa shape index (κ3) is 6.11. The molecule has 0 spiro atoms. The van der Waals surface area contributed by atoms with E-state index in [2.05, 4.69) is 10.6 Å². The van der Waals surface area contributed by atoms with Gasteiger partial charge in [0.2, 0.25) is 26.0 Å². The fourth-order valence-corrected chi connectivity index (χ4v) is 5.65. The number of sulfonamides is 2. The van der Waals surface area contributed by atoms with Gasteiger partial charge in [-0.2, -0.15) is 4.31 Å². The second-order valence-electron chi connectivity index (χ2n) is 7.72. The molecule has 11 heteroatoms. The number of carbonyl (C=O) groups excluding carboxylic acids is 1. The summed E-state index contributed by atoms with van der Waals surface area (Å²) in [6.07, 6.45) is 0. The van der Waals surface area contributed by atoms with E-state index in [0.29, 0.717) is 24.5 Å². The van der Waals surface area contributed by atoms with E-state index in [0.717, 1.165) is 15.4 Å². The van der Waals surface area contributed by atoms with E-state index >= 15 is 0 Å². The van der Waals surface area contributed by atoms with E-state index in [9.17, 15) is 21.6 Å². The zero-order valence-corrected chi connectivity index (χ0v) is 21.5.